The van der Waals surface area contributed by atoms with E-state index in [4.69, 9.17) is 0 Å². The standard InChI is InChI=1S/C22H27NO/c1-3-22(2,19-13-8-5-9-14-19)21-15-10-16-23(21)17-20(24)18-11-6-4-7-12-18/h4-9,11-14,21H,3,10,15-17H2,1-2H3. The first-order chi connectivity index (χ1) is 11.6. The minimum Gasteiger partial charge on any atom is -0.293 e. The number of benzene rings is 2. The van der Waals surface area contributed by atoms with Gasteiger partial charge in [-0.3, -0.25) is 9.69 Å². The van der Waals surface area contributed by atoms with Gasteiger partial charge in [0.05, 0.1) is 6.54 Å². The van der Waals surface area contributed by atoms with Gasteiger partial charge in [0, 0.05) is 17.0 Å². The van der Waals surface area contributed by atoms with Crippen LogP contribution in [0.25, 0.3) is 0 Å². The predicted molar refractivity (Wildman–Crippen MR) is 99.5 cm³/mol. The van der Waals surface area contributed by atoms with Crippen LogP contribution >= 0.6 is 0 Å². The van der Waals surface area contributed by atoms with E-state index >= 15 is 0 Å². The third-order valence-corrected chi connectivity index (χ3v) is 5.71. The van der Waals surface area contributed by atoms with Crippen LogP contribution < -0.4 is 0 Å². The lowest BCUT2D eigenvalue weighted by atomic mass is 9.73. The molecule has 1 heterocycles. The van der Waals surface area contributed by atoms with Crippen molar-refractivity contribution in [3.05, 3.63) is 71.8 Å². The van der Waals surface area contributed by atoms with Crippen molar-refractivity contribution in [3.63, 3.8) is 0 Å². The van der Waals surface area contributed by atoms with E-state index in [9.17, 15) is 4.79 Å². The number of carbonyl (C=O) groups excluding carboxylic acids is 1. The Morgan fingerprint density at radius 2 is 1.71 bits per heavy atom. The van der Waals surface area contributed by atoms with Gasteiger partial charge >= 0.3 is 0 Å². The second-order valence-corrected chi connectivity index (χ2v) is 7.05. The van der Waals surface area contributed by atoms with Crippen LogP contribution in [0.1, 0.15) is 49.0 Å². The Morgan fingerprint density at radius 3 is 2.33 bits per heavy atom. The average molecular weight is 321 g/mol. The normalized spacial score (nSPS) is 20.7. The molecule has 2 aromatic rings. The monoisotopic (exact) mass is 321 g/mol. The highest BCUT2D eigenvalue weighted by Gasteiger charge is 2.41. The highest BCUT2D eigenvalue weighted by atomic mass is 16.1. The molecular weight excluding hydrogens is 294 g/mol. The lowest BCUT2D eigenvalue weighted by Crippen LogP contribution is -2.47. The van der Waals surface area contributed by atoms with Crippen LogP contribution in [0.4, 0.5) is 0 Å². The fourth-order valence-corrected chi connectivity index (χ4v) is 4.09. The van der Waals surface area contributed by atoms with Crippen LogP contribution in [-0.2, 0) is 5.41 Å². The van der Waals surface area contributed by atoms with Crippen molar-refractivity contribution in [1.82, 2.24) is 4.90 Å². The number of carbonyl (C=O) groups is 1. The highest BCUT2D eigenvalue weighted by molar-refractivity contribution is 5.97. The van der Waals surface area contributed by atoms with Crippen molar-refractivity contribution in [1.29, 1.82) is 0 Å². The lowest BCUT2D eigenvalue weighted by Gasteiger charge is -2.40. The average Bonchev–Trinajstić information content (AvgIpc) is 3.11. The van der Waals surface area contributed by atoms with Crippen LogP contribution in [-0.4, -0.2) is 29.8 Å². The third-order valence-electron chi connectivity index (χ3n) is 5.71. The number of hydrogen-bond donors (Lipinski definition) is 0. The summed E-state index contributed by atoms with van der Waals surface area (Å²) in [6.07, 6.45) is 3.42. The number of ketones is 1. The van der Waals surface area contributed by atoms with E-state index in [0.29, 0.717) is 12.6 Å². The third kappa shape index (κ3) is 3.29. The topological polar surface area (TPSA) is 20.3 Å². The molecule has 0 spiro atoms. The fourth-order valence-electron chi connectivity index (χ4n) is 4.09. The zero-order valence-corrected chi connectivity index (χ0v) is 14.7. The van der Waals surface area contributed by atoms with Crippen LogP contribution in [0.5, 0.6) is 0 Å². The molecule has 1 aliphatic heterocycles. The summed E-state index contributed by atoms with van der Waals surface area (Å²) in [5.41, 5.74) is 2.30. The maximum atomic E-state index is 12.7. The maximum absolute atomic E-state index is 12.7. The molecule has 0 saturated carbocycles. The van der Waals surface area contributed by atoms with Gasteiger partial charge in [0.15, 0.2) is 5.78 Å². The summed E-state index contributed by atoms with van der Waals surface area (Å²) >= 11 is 0. The number of nitrogens with zero attached hydrogens (tertiary/aromatic N) is 1. The molecule has 2 heteroatoms. The first kappa shape index (κ1) is 16.9. The van der Waals surface area contributed by atoms with Crippen molar-refractivity contribution < 1.29 is 4.79 Å². The summed E-state index contributed by atoms with van der Waals surface area (Å²) in [5.74, 6) is 0.231. The van der Waals surface area contributed by atoms with E-state index in [0.717, 1.165) is 18.5 Å². The summed E-state index contributed by atoms with van der Waals surface area (Å²) in [6, 6.07) is 20.9. The Hall–Kier alpha value is -1.93. The number of Topliss-reactive ketones (excluding diaryl/α,β-unsaturated/α-hetero) is 1. The van der Waals surface area contributed by atoms with Crippen molar-refractivity contribution in [2.45, 2.75) is 44.6 Å². The van der Waals surface area contributed by atoms with Gasteiger partial charge < -0.3 is 0 Å². The molecule has 2 nitrogen and oxygen atoms in total. The van der Waals surface area contributed by atoms with Crippen molar-refractivity contribution >= 4 is 5.78 Å². The smallest absolute Gasteiger partial charge is 0.176 e. The quantitative estimate of drug-likeness (QED) is 0.719. The molecule has 2 atom stereocenters. The van der Waals surface area contributed by atoms with Crippen molar-refractivity contribution in [3.8, 4) is 0 Å². The molecule has 0 amide bonds. The van der Waals surface area contributed by atoms with E-state index in [1.165, 1.54) is 18.4 Å². The Bertz CT molecular complexity index is 667. The minimum absolute atomic E-state index is 0.0920. The largest absolute Gasteiger partial charge is 0.293 e. The maximum Gasteiger partial charge on any atom is 0.176 e. The van der Waals surface area contributed by atoms with E-state index in [2.05, 4.69) is 49.1 Å². The molecule has 3 rings (SSSR count). The molecule has 126 valence electrons. The van der Waals surface area contributed by atoms with Gasteiger partial charge in [-0.05, 0) is 31.4 Å². The number of rotatable bonds is 6. The zero-order valence-electron chi connectivity index (χ0n) is 14.7. The molecule has 0 N–H and O–H groups in total. The second kappa shape index (κ2) is 7.31. The molecule has 1 aliphatic rings. The second-order valence-electron chi connectivity index (χ2n) is 7.05. The first-order valence-corrected chi connectivity index (χ1v) is 9.03. The van der Waals surface area contributed by atoms with Gasteiger partial charge in [0.2, 0.25) is 0 Å². The summed E-state index contributed by atoms with van der Waals surface area (Å²) in [6.45, 7) is 6.17. The number of hydrogen-bond acceptors (Lipinski definition) is 2. The lowest BCUT2D eigenvalue weighted by molar-refractivity contribution is 0.0878. The molecule has 2 aromatic carbocycles. The Labute approximate surface area is 145 Å². The van der Waals surface area contributed by atoms with Gasteiger partial charge in [-0.1, -0.05) is 74.5 Å². The van der Waals surface area contributed by atoms with E-state index in [1.54, 1.807) is 0 Å². The van der Waals surface area contributed by atoms with Crippen molar-refractivity contribution in [2.75, 3.05) is 13.1 Å². The molecule has 1 fully saturated rings. The molecule has 2 unspecified atom stereocenters. The summed E-state index contributed by atoms with van der Waals surface area (Å²) < 4.78 is 0. The van der Waals surface area contributed by atoms with Gasteiger partial charge in [-0.15, -0.1) is 0 Å². The predicted octanol–water partition coefficient (Wildman–Crippen LogP) is 4.70. The highest BCUT2D eigenvalue weighted by Crippen LogP contribution is 2.39. The van der Waals surface area contributed by atoms with Crippen LogP contribution in [0.3, 0.4) is 0 Å². The summed E-state index contributed by atoms with van der Waals surface area (Å²) in [7, 11) is 0. The molecule has 0 bridgehead atoms. The van der Waals surface area contributed by atoms with E-state index in [-0.39, 0.29) is 11.2 Å². The van der Waals surface area contributed by atoms with E-state index in [1.807, 2.05) is 30.3 Å². The molecule has 1 saturated heterocycles. The van der Waals surface area contributed by atoms with E-state index < -0.39 is 0 Å². The molecular formula is C22H27NO. The van der Waals surface area contributed by atoms with Gasteiger partial charge in [-0.2, -0.15) is 0 Å². The zero-order chi connectivity index (χ0) is 17.0. The summed E-state index contributed by atoms with van der Waals surface area (Å²) in [4.78, 5) is 15.1. The van der Waals surface area contributed by atoms with Crippen molar-refractivity contribution in [2.24, 2.45) is 0 Å². The first-order valence-electron chi connectivity index (χ1n) is 9.03. The molecule has 24 heavy (non-hydrogen) atoms. The van der Waals surface area contributed by atoms with Crippen LogP contribution in [0.2, 0.25) is 0 Å². The SMILES string of the molecule is CCC(C)(c1ccccc1)C1CCCN1CC(=O)c1ccccc1. The summed E-state index contributed by atoms with van der Waals surface area (Å²) in [5, 5.41) is 0. The van der Waals surface area contributed by atoms with Gasteiger partial charge in [0.1, 0.15) is 0 Å². The van der Waals surface area contributed by atoms with Gasteiger partial charge in [-0.25, -0.2) is 0 Å². The Morgan fingerprint density at radius 1 is 1.08 bits per heavy atom. The molecule has 0 radical (unpaired) electrons. The molecule has 0 aliphatic carbocycles. The minimum atomic E-state index is 0.0920. The Kier molecular flexibility index (Phi) is 5.15. The van der Waals surface area contributed by atoms with Crippen LogP contribution in [0, 0.1) is 0 Å². The fraction of sp³-hybridized carbons (Fsp3) is 0.409. The Balaban J connectivity index is 1.81. The molecule has 0 aromatic heterocycles. The number of likely N-dealkylation sites (tertiary alicyclic amines) is 1. The van der Waals surface area contributed by atoms with Gasteiger partial charge in [0.25, 0.3) is 0 Å². The van der Waals surface area contributed by atoms with Crippen LogP contribution in [0.15, 0.2) is 60.7 Å².